The maximum Gasteiger partial charge on any atom is 0.167 e. The Morgan fingerprint density at radius 3 is 2.55 bits per heavy atom. The van der Waals surface area contributed by atoms with Crippen molar-refractivity contribution in [2.24, 2.45) is 0 Å². The van der Waals surface area contributed by atoms with E-state index in [2.05, 4.69) is 0 Å². The molecule has 3 rings (SSSR count). The minimum atomic E-state index is 0.449. The Hall–Kier alpha value is -1.97. The largest absolute Gasteiger partial charge is 0.495 e. The molecule has 0 spiro atoms. The second-order valence-electron chi connectivity index (χ2n) is 5.03. The van der Waals surface area contributed by atoms with Gasteiger partial charge in [0, 0.05) is 28.9 Å². The number of hydrogen-bond donors (Lipinski definition) is 0. The molecule has 0 saturated heterocycles. The molecule has 0 radical (unpaired) electrons. The van der Waals surface area contributed by atoms with E-state index in [1.807, 2.05) is 35.7 Å². The lowest BCUT2D eigenvalue weighted by atomic mass is 10.1. The molecule has 0 amide bonds. The molecule has 0 saturated carbocycles. The van der Waals surface area contributed by atoms with Crippen molar-refractivity contribution in [3.05, 3.63) is 57.8 Å². The van der Waals surface area contributed by atoms with Crippen LogP contribution < -0.4 is 4.74 Å². The first-order valence-corrected chi connectivity index (χ1v) is 7.41. The van der Waals surface area contributed by atoms with E-state index in [1.54, 1.807) is 12.1 Å². The molecular formula is C17H13Cl2NO2. The number of aryl methyl sites for hydroxylation is 1. The highest BCUT2D eigenvalue weighted by atomic mass is 35.5. The highest BCUT2D eigenvalue weighted by Gasteiger charge is 2.16. The number of rotatable bonds is 3. The van der Waals surface area contributed by atoms with E-state index >= 15 is 0 Å². The number of fused-ring (bicyclic) bond motifs is 1. The van der Waals surface area contributed by atoms with E-state index in [0.29, 0.717) is 27.1 Å². The van der Waals surface area contributed by atoms with Gasteiger partial charge in [0.2, 0.25) is 0 Å². The number of benzene rings is 1. The molecule has 1 aromatic carbocycles. The maximum absolute atomic E-state index is 11.6. The molecule has 0 aliphatic heterocycles. The number of nitrogens with zero attached hydrogens (tertiary/aromatic N) is 1. The fraction of sp³-hybridized carbons (Fsp3) is 0.118. The van der Waals surface area contributed by atoms with Gasteiger partial charge in [-0.05, 0) is 36.8 Å². The average Bonchev–Trinajstić information content (AvgIpc) is 2.86. The lowest BCUT2D eigenvalue weighted by Gasteiger charge is -2.08. The average molecular weight is 334 g/mol. The van der Waals surface area contributed by atoms with Crippen LogP contribution in [0, 0.1) is 6.92 Å². The molecule has 0 atom stereocenters. The molecule has 0 N–H and O–H groups in total. The summed E-state index contributed by atoms with van der Waals surface area (Å²) in [6, 6.07) is 9.27. The molecule has 112 valence electrons. The number of halogens is 2. The van der Waals surface area contributed by atoms with Gasteiger partial charge in [-0.3, -0.25) is 4.79 Å². The summed E-state index contributed by atoms with van der Waals surface area (Å²) in [5, 5.41) is 0.933. The lowest BCUT2D eigenvalue weighted by Crippen LogP contribution is -1.93. The van der Waals surface area contributed by atoms with Gasteiger partial charge in [0.15, 0.2) is 6.29 Å². The van der Waals surface area contributed by atoms with Crippen molar-refractivity contribution in [1.82, 2.24) is 4.40 Å². The van der Waals surface area contributed by atoms with Gasteiger partial charge in [-0.2, -0.15) is 0 Å². The monoisotopic (exact) mass is 333 g/mol. The SMILES string of the molecule is COc1cc(Cl)c(-c2cc3cc(C)ccn3c2C=O)cc1Cl. The van der Waals surface area contributed by atoms with Crippen LogP contribution in [-0.2, 0) is 0 Å². The van der Waals surface area contributed by atoms with Crippen molar-refractivity contribution in [3.63, 3.8) is 0 Å². The molecule has 0 aliphatic carbocycles. The van der Waals surface area contributed by atoms with Crippen LogP contribution in [-0.4, -0.2) is 17.8 Å². The van der Waals surface area contributed by atoms with Gasteiger partial charge in [-0.15, -0.1) is 0 Å². The van der Waals surface area contributed by atoms with Gasteiger partial charge in [-0.25, -0.2) is 0 Å². The quantitative estimate of drug-likeness (QED) is 0.628. The first-order chi connectivity index (χ1) is 10.5. The molecule has 0 bridgehead atoms. The summed E-state index contributed by atoms with van der Waals surface area (Å²) in [4.78, 5) is 11.6. The van der Waals surface area contributed by atoms with Gasteiger partial charge in [0.05, 0.1) is 22.8 Å². The first-order valence-electron chi connectivity index (χ1n) is 6.65. The van der Waals surface area contributed by atoms with Crippen LogP contribution in [0.1, 0.15) is 16.1 Å². The van der Waals surface area contributed by atoms with Gasteiger partial charge in [0.25, 0.3) is 0 Å². The summed E-state index contributed by atoms with van der Waals surface area (Å²) < 4.78 is 6.99. The molecular weight excluding hydrogens is 321 g/mol. The van der Waals surface area contributed by atoms with E-state index in [1.165, 1.54) is 7.11 Å². The highest BCUT2D eigenvalue weighted by Crippen LogP contribution is 2.38. The Bertz CT molecular complexity index is 884. The third kappa shape index (κ3) is 2.36. The number of pyridine rings is 1. The number of aromatic nitrogens is 1. The summed E-state index contributed by atoms with van der Waals surface area (Å²) in [6.45, 7) is 2.00. The third-order valence-corrected chi connectivity index (χ3v) is 4.22. The van der Waals surface area contributed by atoms with Crippen LogP contribution in [0.2, 0.25) is 10.0 Å². The number of aldehydes is 1. The Balaban J connectivity index is 2.30. The van der Waals surface area contributed by atoms with E-state index < -0.39 is 0 Å². The number of carbonyl (C=O) groups excluding carboxylic acids is 1. The van der Waals surface area contributed by atoms with Crippen molar-refractivity contribution in [2.45, 2.75) is 6.92 Å². The number of carbonyl (C=O) groups is 1. The van der Waals surface area contributed by atoms with Crippen molar-refractivity contribution in [1.29, 1.82) is 0 Å². The van der Waals surface area contributed by atoms with Crippen LogP contribution in [0.15, 0.2) is 36.5 Å². The third-order valence-electron chi connectivity index (χ3n) is 3.61. The molecule has 0 fully saturated rings. The van der Waals surface area contributed by atoms with E-state index in [4.69, 9.17) is 27.9 Å². The zero-order valence-electron chi connectivity index (χ0n) is 12.1. The standard InChI is InChI=1S/C17H13Cl2NO2/c1-10-3-4-20-11(5-10)6-13(16(20)9-21)12-7-15(19)17(22-2)8-14(12)18/h3-9H,1-2H3. The van der Waals surface area contributed by atoms with E-state index in [-0.39, 0.29) is 0 Å². The van der Waals surface area contributed by atoms with Crippen LogP contribution in [0.3, 0.4) is 0 Å². The van der Waals surface area contributed by atoms with Crippen molar-refractivity contribution >= 4 is 35.0 Å². The Kier molecular flexibility index (Phi) is 3.85. The fourth-order valence-electron chi connectivity index (χ4n) is 2.54. The second-order valence-corrected chi connectivity index (χ2v) is 5.84. The summed E-state index contributed by atoms with van der Waals surface area (Å²) >= 11 is 12.5. The van der Waals surface area contributed by atoms with Gasteiger partial charge in [-0.1, -0.05) is 23.2 Å². The Morgan fingerprint density at radius 1 is 1.09 bits per heavy atom. The molecule has 0 unspecified atom stereocenters. The Labute approximate surface area is 138 Å². The van der Waals surface area contributed by atoms with E-state index in [9.17, 15) is 4.79 Å². The number of methoxy groups -OCH3 is 1. The van der Waals surface area contributed by atoms with Crippen molar-refractivity contribution in [3.8, 4) is 16.9 Å². The van der Waals surface area contributed by atoms with Crippen molar-refractivity contribution in [2.75, 3.05) is 7.11 Å². The molecule has 3 aromatic rings. The van der Waals surface area contributed by atoms with Crippen molar-refractivity contribution < 1.29 is 9.53 Å². The zero-order chi connectivity index (χ0) is 15.9. The van der Waals surface area contributed by atoms with Crippen LogP contribution in [0.4, 0.5) is 0 Å². The smallest absolute Gasteiger partial charge is 0.167 e. The van der Waals surface area contributed by atoms with Crippen LogP contribution >= 0.6 is 23.2 Å². The zero-order valence-corrected chi connectivity index (χ0v) is 13.6. The minimum Gasteiger partial charge on any atom is -0.495 e. The number of ether oxygens (including phenoxy) is 1. The fourth-order valence-corrected chi connectivity index (χ4v) is 3.03. The lowest BCUT2D eigenvalue weighted by molar-refractivity contribution is 0.111. The van der Waals surface area contributed by atoms with E-state index in [0.717, 1.165) is 22.9 Å². The normalized spacial score (nSPS) is 10.9. The second kappa shape index (κ2) is 5.67. The maximum atomic E-state index is 11.6. The topological polar surface area (TPSA) is 30.7 Å². The summed E-state index contributed by atoms with van der Waals surface area (Å²) in [7, 11) is 1.53. The molecule has 5 heteroatoms. The highest BCUT2D eigenvalue weighted by molar-refractivity contribution is 6.36. The van der Waals surface area contributed by atoms with Gasteiger partial charge in [0.1, 0.15) is 5.75 Å². The van der Waals surface area contributed by atoms with Crippen LogP contribution in [0.25, 0.3) is 16.6 Å². The van der Waals surface area contributed by atoms with Gasteiger partial charge < -0.3 is 9.14 Å². The molecule has 3 nitrogen and oxygen atoms in total. The molecule has 0 aliphatic rings. The molecule has 2 heterocycles. The van der Waals surface area contributed by atoms with Gasteiger partial charge >= 0.3 is 0 Å². The van der Waals surface area contributed by atoms with Crippen LogP contribution in [0.5, 0.6) is 5.75 Å². The summed E-state index contributed by atoms with van der Waals surface area (Å²) in [6.07, 6.45) is 2.70. The number of hydrogen-bond acceptors (Lipinski definition) is 2. The molecule has 2 aromatic heterocycles. The predicted octanol–water partition coefficient (Wildman–Crippen LogP) is 5.04. The molecule has 22 heavy (non-hydrogen) atoms. The summed E-state index contributed by atoms with van der Waals surface area (Å²) in [5.41, 5.74) is 4.04. The minimum absolute atomic E-state index is 0.449. The predicted molar refractivity (Wildman–Crippen MR) is 89.5 cm³/mol. The summed E-state index contributed by atoms with van der Waals surface area (Å²) in [5.74, 6) is 0.502. The first kappa shape index (κ1) is 14.9. The Morgan fingerprint density at radius 2 is 1.86 bits per heavy atom.